The molecule has 32 heavy (non-hydrogen) atoms. The first kappa shape index (κ1) is 22.4. The van der Waals surface area contributed by atoms with E-state index in [1.165, 1.54) is 23.9 Å². The molecule has 0 aliphatic heterocycles. The van der Waals surface area contributed by atoms with Crippen molar-refractivity contribution >= 4 is 33.2 Å². The highest BCUT2D eigenvalue weighted by Gasteiger charge is 2.30. The zero-order valence-electron chi connectivity index (χ0n) is 16.8. The largest absolute Gasteiger partial charge is 0.341 e. The van der Waals surface area contributed by atoms with Gasteiger partial charge in [0, 0.05) is 11.6 Å². The second-order valence-corrected chi connectivity index (χ2v) is 10.2. The number of alkyl halides is 2. The number of amides is 1. The van der Waals surface area contributed by atoms with Crippen LogP contribution >= 0.6 is 11.8 Å². The number of hydrogen-bond acceptors (Lipinski definition) is 6. The molecule has 1 aliphatic rings. The quantitative estimate of drug-likeness (QED) is 0.469. The fourth-order valence-electron chi connectivity index (χ4n) is 3.12. The lowest BCUT2D eigenvalue weighted by Gasteiger charge is -2.10. The van der Waals surface area contributed by atoms with Gasteiger partial charge in [0.15, 0.2) is 5.16 Å². The minimum Gasteiger partial charge on any atom is -0.325 e. The van der Waals surface area contributed by atoms with Gasteiger partial charge in [-0.3, -0.25) is 4.79 Å². The summed E-state index contributed by atoms with van der Waals surface area (Å²) in [6.45, 7) is 0.615. The number of thioether (sulfide) groups is 1. The number of carbonyl (C=O) groups excluding carboxylic acids is 1. The lowest BCUT2D eigenvalue weighted by Crippen LogP contribution is -2.15. The van der Waals surface area contributed by atoms with Crippen molar-refractivity contribution in [3.05, 3.63) is 66.0 Å². The number of halogens is 2. The van der Waals surface area contributed by atoms with E-state index in [-0.39, 0.29) is 11.7 Å². The van der Waals surface area contributed by atoms with Gasteiger partial charge in [0.25, 0.3) is 0 Å². The average molecular weight is 479 g/mol. The van der Waals surface area contributed by atoms with Crippen LogP contribution in [0, 0.1) is 0 Å². The highest BCUT2D eigenvalue weighted by Crippen LogP contribution is 2.40. The fraction of sp³-hybridized carbons (Fsp3) is 0.286. The summed E-state index contributed by atoms with van der Waals surface area (Å²) in [5, 5.41) is 11.9. The molecule has 1 aliphatic carbocycles. The third-order valence-corrected chi connectivity index (χ3v) is 7.27. The second-order valence-electron chi connectivity index (χ2n) is 7.35. The maximum Gasteiger partial charge on any atom is 0.341 e. The van der Waals surface area contributed by atoms with Crippen LogP contribution in [0.3, 0.4) is 0 Å². The molecule has 1 amide bonds. The molecule has 11 heteroatoms. The summed E-state index contributed by atoms with van der Waals surface area (Å²) in [7, 11) is -4.67. The summed E-state index contributed by atoms with van der Waals surface area (Å²) in [5.41, 5.74) is 1.42. The van der Waals surface area contributed by atoms with Crippen molar-refractivity contribution < 1.29 is 22.0 Å². The van der Waals surface area contributed by atoms with E-state index in [1.54, 1.807) is 0 Å². The molecule has 7 nitrogen and oxygen atoms in total. The molecule has 1 fully saturated rings. The van der Waals surface area contributed by atoms with E-state index in [2.05, 4.69) is 15.5 Å². The first-order chi connectivity index (χ1) is 15.3. The number of carbonyl (C=O) groups is 1. The number of hydrogen-bond donors (Lipinski definition) is 1. The van der Waals surface area contributed by atoms with Crippen molar-refractivity contribution in [2.75, 3.05) is 11.1 Å². The molecular weight excluding hydrogens is 458 g/mol. The van der Waals surface area contributed by atoms with Crippen molar-refractivity contribution in [3.63, 3.8) is 0 Å². The van der Waals surface area contributed by atoms with E-state index in [0.29, 0.717) is 23.3 Å². The van der Waals surface area contributed by atoms with Gasteiger partial charge in [0.1, 0.15) is 5.82 Å². The number of benzene rings is 2. The molecule has 1 heterocycles. The number of nitrogens with zero attached hydrogens (tertiary/aromatic N) is 3. The molecule has 0 saturated heterocycles. The van der Waals surface area contributed by atoms with Crippen molar-refractivity contribution in [1.82, 2.24) is 14.8 Å². The summed E-state index contributed by atoms with van der Waals surface area (Å²) in [6.07, 6.45) is 2.16. The third-order valence-electron chi connectivity index (χ3n) is 4.90. The Bertz CT molecular complexity index is 1200. The van der Waals surface area contributed by atoms with Crippen LogP contribution in [0.5, 0.6) is 0 Å². The van der Waals surface area contributed by atoms with Gasteiger partial charge in [0.05, 0.1) is 17.2 Å². The van der Waals surface area contributed by atoms with Crippen LogP contribution in [0.1, 0.15) is 30.1 Å². The lowest BCUT2D eigenvalue weighted by molar-refractivity contribution is -0.113. The first-order valence-corrected chi connectivity index (χ1v) is 12.4. The maximum atomic E-state index is 12.6. The first-order valence-electron chi connectivity index (χ1n) is 9.86. The van der Waals surface area contributed by atoms with Crippen LogP contribution in [0.15, 0.2) is 64.6 Å². The van der Waals surface area contributed by atoms with E-state index in [4.69, 9.17) is 0 Å². The minimum atomic E-state index is -4.67. The summed E-state index contributed by atoms with van der Waals surface area (Å²) >= 11 is 1.25. The molecule has 168 valence electrons. The Balaban J connectivity index is 1.40. The van der Waals surface area contributed by atoms with Crippen molar-refractivity contribution in [1.29, 1.82) is 0 Å². The van der Waals surface area contributed by atoms with Gasteiger partial charge in [-0.25, -0.2) is 8.42 Å². The standard InChI is InChI=1S/C21H20F2N4O3S2/c22-20(23)32(29,30)17-10-8-16(9-11-17)24-18(28)13-31-21-26-25-19(15-6-7-15)27(21)12-14-4-2-1-3-5-14/h1-5,8-11,15,20H,6-7,12-13H2,(H,24,28). The van der Waals surface area contributed by atoms with E-state index in [9.17, 15) is 22.0 Å². The van der Waals surface area contributed by atoms with E-state index in [0.717, 1.165) is 36.4 Å². The summed E-state index contributed by atoms with van der Waals surface area (Å²) in [6, 6.07) is 14.6. The Morgan fingerprint density at radius 1 is 1.09 bits per heavy atom. The van der Waals surface area contributed by atoms with E-state index >= 15 is 0 Å². The zero-order valence-corrected chi connectivity index (χ0v) is 18.5. The van der Waals surface area contributed by atoms with Crippen LogP contribution in [0.4, 0.5) is 14.5 Å². The van der Waals surface area contributed by atoms with Crippen LogP contribution in [0.25, 0.3) is 0 Å². The van der Waals surface area contributed by atoms with Crippen LogP contribution in [-0.2, 0) is 21.2 Å². The van der Waals surface area contributed by atoms with Crippen molar-refractivity contribution in [3.8, 4) is 0 Å². The number of nitrogens with one attached hydrogen (secondary N) is 1. The highest BCUT2D eigenvalue weighted by molar-refractivity contribution is 7.99. The second kappa shape index (κ2) is 9.37. The highest BCUT2D eigenvalue weighted by atomic mass is 32.2. The normalized spacial score (nSPS) is 14.0. The topological polar surface area (TPSA) is 93.9 Å². The third kappa shape index (κ3) is 5.16. The molecule has 1 N–H and O–H groups in total. The van der Waals surface area contributed by atoms with Crippen LogP contribution in [-0.4, -0.2) is 40.6 Å². The average Bonchev–Trinajstić information content (AvgIpc) is 3.55. The van der Waals surface area contributed by atoms with Gasteiger partial charge >= 0.3 is 5.76 Å². The van der Waals surface area contributed by atoms with Gasteiger partial charge in [-0.15, -0.1) is 10.2 Å². The fourth-order valence-corrected chi connectivity index (χ4v) is 4.59. The maximum absolute atomic E-state index is 12.6. The Hall–Kier alpha value is -2.79. The predicted octanol–water partition coefficient (Wildman–Crippen LogP) is 3.93. The van der Waals surface area contributed by atoms with Gasteiger partial charge < -0.3 is 9.88 Å². The summed E-state index contributed by atoms with van der Waals surface area (Å²) in [5.74, 6) is -2.44. The van der Waals surface area contributed by atoms with Crippen molar-refractivity contribution in [2.24, 2.45) is 0 Å². The SMILES string of the molecule is O=C(CSc1nnc(C2CC2)n1Cc1ccccc1)Nc1ccc(S(=O)(=O)C(F)F)cc1. The lowest BCUT2D eigenvalue weighted by atomic mass is 10.2. The summed E-state index contributed by atoms with van der Waals surface area (Å²) < 4.78 is 50.3. The molecule has 0 radical (unpaired) electrons. The molecule has 0 bridgehead atoms. The Labute approximate surface area is 188 Å². The van der Waals surface area contributed by atoms with Crippen LogP contribution in [0.2, 0.25) is 0 Å². The predicted molar refractivity (Wildman–Crippen MR) is 117 cm³/mol. The number of sulfone groups is 1. The van der Waals surface area contributed by atoms with Gasteiger partial charge in [-0.05, 0) is 42.7 Å². The van der Waals surface area contributed by atoms with Gasteiger partial charge in [-0.2, -0.15) is 8.78 Å². The smallest absolute Gasteiger partial charge is 0.325 e. The van der Waals surface area contributed by atoms with E-state index < -0.39 is 20.5 Å². The Kier molecular flexibility index (Phi) is 6.56. The molecule has 3 aromatic rings. The number of rotatable bonds is 9. The molecule has 1 saturated carbocycles. The van der Waals surface area contributed by atoms with Gasteiger partial charge in [0.2, 0.25) is 15.7 Å². The molecule has 2 aromatic carbocycles. The van der Waals surface area contributed by atoms with Crippen LogP contribution < -0.4 is 5.32 Å². The molecule has 0 spiro atoms. The monoisotopic (exact) mass is 478 g/mol. The Morgan fingerprint density at radius 3 is 2.41 bits per heavy atom. The molecule has 4 rings (SSSR count). The number of aromatic nitrogens is 3. The molecule has 1 aromatic heterocycles. The zero-order chi connectivity index (χ0) is 22.7. The molecule has 0 unspecified atom stereocenters. The minimum absolute atomic E-state index is 0.0642. The number of anilines is 1. The van der Waals surface area contributed by atoms with Crippen molar-refractivity contribution in [2.45, 2.75) is 41.1 Å². The van der Waals surface area contributed by atoms with Gasteiger partial charge in [-0.1, -0.05) is 42.1 Å². The molecular formula is C21H20F2N4O3S2. The Morgan fingerprint density at radius 2 is 1.78 bits per heavy atom. The summed E-state index contributed by atoms with van der Waals surface area (Å²) in [4.78, 5) is 11.9. The molecule has 0 atom stereocenters. The van der Waals surface area contributed by atoms with E-state index in [1.807, 2.05) is 34.9 Å².